The van der Waals surface area contributed by atoms with E-state index in [1.54, 1.807) is 0 Å². The Labute approximate surface area is 206 Å². The Hall–Kier alpha value is -2.75. The molecule has 3 heterocycles. The molecule has 1 saturated heterocycles. The summed E-state index contributed by atoms with van der Waals surface area (Å²) in [7, 11) is 2.00. The third-order valence-electron chi connectivity index (χ3n) is 6.30. The smallest absolute Gasteiger partial charge is 0.321 e. The molecule has 182 valence electrons. The first-order valence-corrected chi connectivity index (χ1v) is 12.8. The quantitative estimate of drug-likeness (QED) is 0.467. The number of rotatable bonds is 8. The second-order valence-corrected chi connectivity index (χ2v) is 10.1. The number of aromatic nitrogens is 2. The Kier molecular flexibility index (Phi) is 7.97. The number of fused-ring (bicyclic) bond motifs is 1. The fourth-order valence-corrected chi connectivity index (χ4v) is 4.93. The summed E-state index contributed by atoms with van der Waals surface area (Å²) in [6.07, 6.45) is 0.936. The van der Waals surface area contributed by atoms with E-state index in [1.165, 1.54) is 16.9 Å². The Morgan fingerprint density at radius 3 is 2.53 bits per heavy atom. The number of benzene rings is 1. The molecule has 0 bridgehead atoms. The lowest BCUT2D eigenvalue weighted by atomic mass is 10.2. The zero-order valence-electron chi connectivity index (χ0n) is 20.5. The molecule has 1 aliphatic rings. The average molecular weight is 482 g/mol. The summed E-state index contributed by atoms with van der Waals surface area (Å²) >= 11 is 1.39. The van der Waals surface area contributed by atoms with Gasteiger partial charge in [0.05, 0.1) is 0 Å². The molecule has 2 amide bonds. The van der Waals surface area contributed by atoms with Gasteiger partial charge in [0.15, 0.2) is 5.13 Å². The molecule has 0 unspecified atom stereocenters. The molecule has 8 nitrogen and oxygen atoms in total. The summed E-state index contributed by atoms with van der Waals surface area (Å²) in [4.78, 5) is 29.4. The van der Waals surface area contributed by atoms with Crippen LogP contribution in [0, 0.1) is 6.92 Å². The monoisotopic (exact) mass is 481 g/mol. The van der Waals surface area contributed by atoms with Gasteiger partial charge in [0.2, 0.25) is 0 Å². The second kappa shape index (κ2) is 11.1. The number of nitrogens with zero attached hydrogens (tertiary/aromatic N) is 5. The highest BCUT2D eigenvalue weighted by atomic mass is 32.1. The molecule has 1 fully saturated rings. The molecule has 2 aromatic heterocycles. The average Bonchev–Trinajstić information content (AvgIpc) is 3.23. The zero-order valence-corrected chi connectivity index (χ0v) is 21.4. The molecule has 9 heteroatoms. The van der Waals surface area contributed by atoms with Crippen LogP contribution in [0.5, 0.6) is 0 Å². The lowest BCUT2D eigenvalue weighted by Crippen LogP contribution is -2.49. The number of urea groups is 1. The number of nitrogens with one attached hydrogen (secondary N) is 2. The second-order valence-electron chi connectivity index (χ2n) is 9.11. The van der Waals surface area contributed by atoms with Gasteiger partial charge in [0.1, 0.15) is 16.2 Å². The molecule has 0 aliphatic carbocycles. The highest BCUT2D eigenvalue weighted by molar-refractivity contribution is 7.22. The van der Waals surface area contributed by atoms with Crippen LogP contribution < -0.4 is 15.5 Å². The van der Waals surface area contributed by atoms with Crippen LogP contribution in [0.1, 0.15) is 25.8 Å². The fourth-order valence-electron chi connectivity index (χ4n) is 4.10. The fraction of sp³-hybridized carbons (Fsp3) is 0.480. The largest absolute Gasteiger partial charge is 0.338 e. The minimum Gasteiger partial charge on any atom is -0.338 e. The number of aryl methyl sites for hydroxylation is 1. The van der Waals surface area contributed by atoms with Crippen molar-refractivity contribution in [3.05, 3.63) is 42.0 Å². The molecule has 34 heavy (non-hydrogen) atoms. The van der Waals surface area contributed by atoms with Crippen LogP contribution in [0.25, 0.3) is 10.3 Å². The molecule has 1 aliphatic heterocycles. The Morgan fingerprint density at radius 1 is 1.09 bits per heavy atom. The predicted molar refractivity (Wildman–Crippen MR) is 141 cm³/mol. The van der Waals surface area contributed by atoms with Crippen molar-refractivity contribution < 1.29 is 4.79 Å². The minimum atomic E-state index is -0.222. The Morgan fingerprint density at radius 2 is 1.82 bits per heavy atom. The summed E-state index contributed by atoms with van der Waals surface area (Å²) in [5, 5.41) is 6.36. The summed E-state index contributed by atoms with van der Waals surface area (Å²) in [6.45, 7) is 12.7. The Bertz CT molecular complexity index is 1090. The maximum absolute atomic E-state index is 12.3. The van der Waals surface area contributed by atoms with Gasteiger partial charge in [-0.2, -0.15) is 0 Å². The number of hydrogen-bond donors (Lipinski definition) is 2. The maximum Gasteiger partial charge on any atom is 0.321 e. The lowest BCUT2D eigenvalue weighted by Gasteiger charge is -2.36. The van der Waals surface area contributed by atoms with Crippen LogP contribution >= 0.6 is 11.3 Å². The van der Waals surface area contributed by atoms with Crippen LogP contribution in [0.4, 0.5) is 21.4 Å². The first-order valence-electron chi connectivity index (χ1n) is 12.0. The van der Waals surface area contributed by atoms with Crippen LogP contribution in [0.2, 0.25) is 0 Å². The first-order chi connectivity index (χ1) is 16.4. The van der Waals surface area contributed by atoms with E-state index in [1.807, 2.05) is 24.1 Å². The molecule has 0 atom stereocenters. The molecule has 1 aromatic carbocycles. The molecule has 2 N–H and O–H groups in total. The van der Waals surface area contributed by atoms with Gasteiger partial charge in [-0.05, 0) is 58.0 Å². The van der Waals surface area contributed by atoms with E-state index in [2.05, 4.69) is 70.5 Å². The predicted octanol–water partition coefficient (Wildman–Crippen LogP) is 4.31. The van der Waals surface area contributed by atoms with Gasteiger partial charge in [0.25, 0.3) is 0 Å². The van der Waals surface area contributed by atoms with E-state index in [9.17, 15) is 4.79 Å². The summed E-state index contributed by atoms with van der Waals surface area (Å²) in [5.74, 6) is 0.838. The number of carbonyl (C=O) groups is 1. The van der Waals surface area contributed by atoms with Gasteiger partial charge in [0, 0.05) is 51.5 Å². The van der Waals surface area contributed by atoms with Gasteiger partial charge >= 0.3 is 6.03 Å². The highest BCUT2D eigenvalue weighted by Gasteiger charge is 2.18. The Balaban J connectivity index is 1.24. The van der Waals surface area contributed by atoms with Crippen LogP contribution in [-0.2, 0) is 0 Å². The van der Waals surface area contributed by atoms with Gasteiger partial charge in [-0.3, -0.25) is 10.2 Å². The van der Waals surface area contributed by atoms with Crippen LogP contribution in [0.3, 0.4) is 0 Å². The van der Waals surface area contributed by atoms with E-state index in [-0.39, 0.29) is 6.03 Å². The lowest BCUT2D eigenvalue weighted by molar-refractivity contribution is 0.108. The number of hydrogen-bond acceptors (Lipinski definition) is 7. The van der Waals surface area contributed by atoms with E-state index in [4.69, 9.17) is 4.98 Å². The normalized spacial score (nSPS) is 15.1. The summed E-state index contributed by atoms with van der Waals surface area (Å²) in [6, 6.07) is 12.6. The molecule has 0 spiro atoms. The highest BCUT2D eigenvalue weighted by Crippen LogP contribution is 2.29. The van der Waals surface area contributed by atoms with Crippen molar-refractivity contribution in [2.45, 2.75) is 33.2 Å². The molecular formula is C25H35N7OS. The minimum absolute atomic E-state index is 0.222. The summed E-state index contributed by atoms with van der Waals surface area (Å²) < 4.78 is 0. The van der Waals surface area contributed by atoms with Crippen molar-refractivity contribution >= 4 is 44.4 Å². The maximum atomic E-state index is 12.3. The van der Waals surface area contributed by atoms with E-state index >= 15 is 0 Å². The van der Waals surface area contributed by atoms with Crippen LogP contribution in [0.15, 0.2) is 36.4 Å². The van der Waals surface area contributed by atoms with Crippen LogP contribution in [-0.4, -0.2) is 78.2 Å². The van der Waals surface area contributed by atoms with Gasteiger partial charge in [-0.25, -0.2) is 14.8 Å². The number of pyridine rings is 1. The van der Waals surface area contributed by atoms with Gasteiger partial charge in [-0.1, -0.05) is 29.0 Å². The number of anilines is 3. The van der Waals surface area contributed by atoms with Crippen molar-refractivity contribution in [1.82, 2.24) is 25.1 Å². The third-order valence-corrected chi connectivity index (χ3v) is 7.18. The van der Waals surface area contributed by atoms with E-state index < -0.39 is 0 Å². The molecular weight excluding hydrogens is 446 g/mol. The zero-order chi connectivity index (χ0) is 24.1. The van der Waals surface area contributed by atoms with E-state index in [0.717, 1.165) is 61.0 Å². The number of carbonyl (C=O) groups excluding carboxylic acids is 1. The van der Waals surface area contributed by atoms with Crippen molar-refractivity contribution in [1.29, 1.82) is 0 Å². The van der Waals surface area contributed by atoms with Crippen molar-refractivity contribution in [3.8, 4) is 0 Å². The van der Waals surface area contributed by atoms with E-state index in [0.29, 0.717) is 17.7 Å². The topological polar surface area (TPSA) is 76.6 Å². The third kappa shape index (κ3) is 6.22. The first kappa shape index (κ1) is 24.4. The number of amides is 2. The molecule has 0 saturated carbocycles. The number of thiazole rings is 1. The summed E-state index contributed by atoms with van der Waals surface area (Å²) in [5.41, 5.74) is 3.07. The van der Waals surface area contributed by atoms with Gasteiger partial charge in [-0.15, -0.1) is 0 Å². The SMILES string of the molecule is Cc1ccc(N(C)c2ccc3nc(NC(=O)NCCCN4CCN(C(C)C)CC4)sc3n2)cc1. The molecule has 4 rings (SSSR count). The van der Waals surface area contributed by atoms with Crippen molar-refractivity contribution in [2.75, 3.05) is 56.5 Å². The number of piperazine rings is 1. The van der Waals surface area contributed by atoms with Gasteiger partial charge < -0.3 is 15.1 Å². The van der Waals surface area contributed by atoms with Crippen molar-refractivity contribution in [3.63, 3.8) is 0 Å². The molecule has 3 aromatic rings. The standard InChI is InChI=1S/C25H35N7OS/c1-18(2)32-16-14-31(15-17-32)13-5-12-26-24(33)29-25-27-21-10-11-22(28-23(21)34-25)30(4)20-8-6-19(3)7-9-20/h6-11,18H,5,12-17H2,1-4H3,(H2,26,27,29,33). The van der Waals surface area contributed by atoms with Crippen molar-refractivity contribution in [2.24, 2.45) is 0 Å². The molecule has 0 radical (unpaired) electrons.